The first-order chi connectivity index (χ1) is 9.15. The monoisotopic (exact) mass is 277 g/mol. The second-order valence-corrected chi connectivity index (χ2v) is 7.45. The van der Waals surface area contributed by atoms with Crippen LogP contribution in [0.3, 0.4) is 0 Å². The highest BCUT2D eigenvalue weighted by molar-refractivity contribution is 5.21. The molecule has 0 aliphatic rings. The van der Waals surface area contributed by atoms with Gasteiger partial charge in [0.1, 0.15) is 0 Å². The van der Waals surface area contributed by atoms with Gasteiger partial charge < -0.3 is 10.1 Å². The van der Waals surface area contributed by atoms with Crippen molar-refractivity contribution in [3.05, 3.63) is 35.9 Å². The van der Waals surface area contributed by atoms with Crippen LogP contribution in [-0.2, 0) is 4.74 Å². The number of nitrogens with one attached hydrogen (secondary N) is 1. The third-order valence-electron chi connectivity index (χ3n) is 3.80. The van der Waals surface area contributed by atoms with Crippen molar-refractivity contribution in [3.8, 4) is 0 Å². The molecule has 1 N–H and O–H groups in total. The maximum atomic E-state index is 5.54. The van der Waals surface area contributed by atoms with E-state index < -0.39 is 0 Å². The molecule has 0 fully saturated rings. The second-order valence-electron chi connectivity index (χ2n) is 7.45. The van der Waals surface area contributed by atoms with Crippen molar-refractivity contribution < 1.29 is 4.74 Å². The summed E-state index contributed by atoms with van der Waals surface area (Å²) in [5.74, 6) is 0. The molecule has 2 atom stereocenters. The molecule has 0 aliphatic carbocycles. The first-order valence-electron chi connectivity index (χ1n) is 7.52. The number of methoxy groups -OCH3 is 1. The van der Waals surface area contributed by atoms with Crippen LogP contribution < -0.4 is 5.32 Å². The van der Waals surface area contributed by atoms with Crippen LogP contribution in [-0.4, -0.2) is 18.8 Å². The SMILES string of the molecule is COC(C)(C)CC(C)NC(c1ccccc1)C(C)(C)C. The molecule has 1 aromatic rings. The topological polar surface area (TPSA) is 21.3 Å². The number of rotatable bonds is 6. The van der Waals surface area contributed by atoms with Crippen molar-refractivity contribution in [1.82, 2.24) is 5.32 Å². The Morgan fingerprint density at radius 3 is 2.05 bits per heavy atom. The van der Waals surface area contributed by atoms with Crippen molar-refractivity contribution in [2.75, 3.05) is 7.11 Å². The molecule has 0 radical (unpaired) electrons. The average molecular weight is 277 g/mol. The van der Waals surface area contributed by atoms with Crippen molar-refractivity contribution in [2.24, 2.45) is 5.41 Å². The smallest absolute Gasteiger partial charge is 0.0637 e. The molecule has 0 aromatic heterocycles. The fraction of sp³-hybridized carbons (Fsp3) is 0.667. The van der Waals surface area contributed by atoms with Gasteiger partial charge in [-0.3, -0.25) is 0 Å². The minimum atomic E-state index is -0.0917. The Morgan fingerprint density at radius 1 is 1.05 bits per heavy atom. The van der Waals surface area contributed by atoms with Gasteiger partial charge in [0.05, 0.1) is 5.60 Å². The van der Waals surface area contributed by atoms with Gasteiger partial charge >= 0.3 is 0 Å². The Kier molecular flexibility index (Phi) is 5.79. The van der Waals surface area contributed by atoms with Gasteiger partial charge in [0.25, 0.3) is 0 Å². The van der Waals surface area contributed by atoms with E-state index in [0.717, 1.165) is 6.42 Å². The summed E-state index contributed by atoms with van der Waals surface area (Å²) in [6.45, 7) is 13.4. The fourth-order valence-electron chi connectivity index (χ4n) is 2.66. The Balaban J connectivity index is 2.82. The van der Waals surface area contributed by atoms with E-state index in [-0.39, 0.29) is 11.0 Å². The lowest BCUT2D eigenvalue weighted by Gasteiger charge is -2.36. The van der Waals surface area contributed by atoms with Gasteiger partial charge in [-0.1, -0.05) is 51.1 Å². The standard InChI is InChI=1S/C18H31NO/c1-14(13-18(5,6)20-7)19-16(17(2,3)4)15-11-9-8-10-12-15/h8-12,14,16,19H,13H2,1-7H3. The summed E-state index contributed by atoms with van der Waals surface area (Å²) >= 11 is 0. The highest BCUT2D eigenvalue weighted by Gasteiger charge is 2.29. The summed E-state index contributed by atoms with van der Waals surface area (Å²) in [6, 6.07) is 11.4. The molecule has 0 saturated heterocycles. The molecule has 2 heteroatoms. The van der Waals surface area contributed by atoms with Crippen LogP contribution in [0.15, 0.2) is 30.3 Å². The van der Waals surface area contributed by atoms with Gasteiger partial charge in [-0.2, -0.15) is 0 Å². The van der Waals surface area contributed by atoms with Crippen molar-refractivity contribution >= 4 is 0 Å². The van der Waals surface area contributed by atoms with E-state index in [1.807, 2.05) is 0 Å². The number of hydrogen-bond acceptors (Lipinski definition) is 2. The molecule has 0 saturated carbocycles. The zero-order chi connectivity index (χ0) is 15.4. The van der Waals surface area contributed by atoms with E-state index in [9.17, 15) is 0 Å². The third kappa shape index (κ3) is 5.26. The molecular weight excluding hydrogens is 246 g/mol. The van der Waals surface area contributed by atoms with Crippen LogP contribution in [0.4, 0.5) is 0 Å². The molecular formula is C18H31NO. The lowest BCUT2D eigenvalue weighted by molar-refractivity contribution is 0.00618. The number of ether oxygens (including phenoxy) is 1. The molecule has 0 amide bonds. The number of hydrogen-bond donors (Lipinski definition) is 1. The summed E-state index contributed by atoms with van der Waals surface area (Å²) < 4.78 is 5.54. The molecule has 20 heavy (non-hydrogen) atoms. The third-order valence-corrected chi connectivity index (χ3v) is 3.80. The summed E-state index contributed by atoms with van der Waals surface area (Å²) in [5, 5.41) is 3.78. The largest absolute Gasteiger partial charge is 0.379 e. The molecule has 1 aromatic carbocycles. The van der Waals surface area contributed by atoms with E-state index in [1.54, 1.807) is 7.11 Å². The zero-order valence-corrected chi connectivity index (χ0v) is 14.2. The highest BCUT2D eigenvalue weighted by Crippen LogP contribution is 2.33. The maximum Gasteiger partial charge on any atom is 0.0637 e. The van der Waals surface area contributed by atoms with E-state index in [1.165, 1.54) is 5.56 Å². The molecule has 0 heterocycles. The lowest BCUT2D eigenvalue weighted by Crippen LogP contribution is -2.41. The van der Waals surface area contributed by atoms with Gasteiger partial charge in [-0.15, -0.1) is 0 Å². The van der Waals surface area contributed by atoms with E-state index in [4.69, 9.17) is 4.74 Å². The van der Waals surface area contributed by atoms with Crippen LogP contribution >= 0.6 is 0 Å². The molecule has 0 spiro atoms. The Bertz CT molecular complexity index is 392. The summed E-state index contributed by atoms with van der Waals surface area (Å²) in [5.41, 5.74) is 1.43. The van der Waals surface area contributed by atoms with Crippen LogP contribution in [0.2, 0.25) is 0 Å². The predicted octanol–water partition coefficient (Wildman–Crippen LogP) is 4.57. The molecule has 0 aliphatic heterocycles. The number of benzene rings is 1. The van der Waals surface area contributed by atoms with Crippen LogP contribution in [0.1, 0.15) is 59.6 Å². The fourth-order valence-corrected chi connectivity index (χ4v) is 2.66. The Hall–Kier alpha value is -0.860. The second kappa shape index (κ2) is 6.73. The molecule has 2 nitrogen and oxygen atoms in total. The molecule has 2 unspecified atom stereocenters. The Labute approximate surface area is 124 Å². The van der Waals surface area contributed by atoms with E-state index in [0.29, 0.717) is 12.1 Å². The van der Waals surface area contributed by atoms with Crippen molar-refractivity contribution in [1.29, 1.82) is 0 Å². The van der Waals surface area contributed by atoms with Crippen LogP contribution in [0.25, 0.3) is 0 Å². The summed E-state index contributed by atoms with van der Waals surface area (Å²) in [6.07, 6.45) is 0.989. The normalized spacial score (nSPS) is 15.9. The highest BCUT2D eigenvalue weighted by atomic mass is 16.5. The van der Waals surface area contributed by atoms with Gasteiger partial charge in [0.15, 0.2) is 0 Å². The minimum absolute atomic E-state index is 0.0917. The molecule has 0 bridgehead atoms. The minimum Gasteiger partial charge on any atom is -0.379 e. The first-order valence-corrected chi connectivity index (χ1v) is 7.52. The molecule has 114 valence electrons. The van der Waals surface area contributed by atoms with Crippen molar-refractivity contribution in [2.45, 2.75) is 65.6 Å². The van der Waals surface area contributed by atoms with Gasteiger partial charge in [-0.25, -0.2) is 0 Å². The quantitative estimate of drug-likeness (QED) is 0.822. The van der Waals surface area contributed by atoms with E-state index >= 15 is 0 Å². The summed E-state index contributed by atoms with van der Waals surface area (Å²) in [7, 11) is 1.78. The predicted molar refractivity (Wildman–Crippen MR) is 86.9 cm³/mol. The van der Waals surface area contributed by atoms with Gasteiger partial charge in [0.2, 0.25) is 0 Å². The zero-order valence-electron chi connectivity index (χ0n) is 14.2. The van der Waals surface area contributed by atoms with Gasteiger partial charge in [-0.05, 0) is 38.2 Å². The summed E-state index contributed by atoms with van der Waals surface area (Å²) in [4.78, 5) is 0. The van der Waals surface area contributed by atoms with Crippen LogP contribution in [0.5, 0.6) is 0 Å². The average Bonchev–Trinajstić information content (AvgIpc) is 2.35. The van der Waals surface area contributed by atoms with E-state index in [2.05, 4.69) is 77.2 Å². The lowest BCUT2D eigenvalue weighted by atomic mass is 9.81. The van der Waals surface area contributed by atoms with Crippen LogP contribution in [0, 0.1) is 5.41 Å². The first kappa shape index (κ1) is 17.2. The van der Waals surface area contributed by atoms with Gasteiger partial charge in [0, 0.05) is 19.2 Å². The van der Waals surface area contributed by atoms with Crippen molar-refractivity contribution in [3.63, 3.8) is 0 Å². The Morgan fingerprint density at radius 2 is 1.60 bits per heavy atom. The molecule has 1 rings (SSSR count). The maximum absolute atomic E-state index is 5.54.